The number of amides is 1. The molecular weight excluding hydrogens is 569 g/mol. The van der Waals surface area contributed by atoms with Gasteiger partial charge in [0.2, 0.25) is 0 Å². The van der Waals surface area contributed by atoms with Crippen molar-refractivity contribution in [3.63, 3.8) is 0 Å². The van der Waals surface area contributed by atoms with Gasteiger partial charge in [-0.25, -0.2) is 23.1 Å². The first-order chi connectivity index (χ1) is 18.0. The number of aromatic nitrogens is 2. The highest BCUT2D eigenvalue weighted by molar-refractivity contribution is 8.02. The van der Waals surface area contributed by atoms with Crippen LogP contribution in [0.15, 0.2) is 29.4 Å². The van der Waals surface area contributed by atoms with Crippen LogP contribution in [0.3, 0.4) is 0 Å². The molecule has 214 valence electrons. The highest BCUT2D eigenvalue weighted by atomic mass is 35.5. The molecule has 3 rings (SSSR count). The van der Waals surface area contributed by atoms with Crippen LogP contribution in [0.25, 0.3) is 0 Å². The fourth-order valence-electron chi connectivity index (χ4n) is 4.11. The van der Waals surface area contributed by atoms with E-state index < -0.39 is 52.4 Å². The van der Waals surface area contributed by atoms with Crippen LogP contribution < -0.4 is 26.8 Å². The van der Waals surface area contributed by atoms with Gasteiger partial charge in [-0.1, -0.05) is 11.6 Å². The molecule has 6 N–H and O–H groups in total. The lowest BCUT2D eigenvalue weighted by Gasteiger charge is -2.53. The minimum absolute atomic E-state index is 0.0645. The van der Waals surface area contributed by atoms with Gasteiger partial charge in [-0.05, 0) is 40.0 Å². The Morgan fingerprint density at radius 3 is 2.51 bits per heavy atom. The van der Waals surface area contributed by atoms with E-state index in [0.717, 1.165) is 36.2 Å². The Labute approximate surface area is 230 Å². The number of nitrogens with zero attached hydrogens (tertiary/aromatic N) is 3. The first kappa shape index (κ1) is 30.8. The van der Waals surface area contributed by atoms with Crippen molar-refractivity contribution < 1.29 is 31.5 Å². The van der Waals surface area contributed by atoms with E-state index in [1.54, 1.807) is 13.8 Å². The monoisotopic (exact) mass is 595 g/mol. The first-order valence-corrected chi connectivity index (χ1v) is 12.6. The largest absolute Gasteiger partial charge is 0.433 e. The number of hydrogen-bond donors (Lipinski definition) is 4. The SMILES string of the molecule is CN[C@]1(CC(F)(F)CN)SC(C)(C)C(N)=N[C@]1(C)c1nc(NC(=O)c2ncc(OC(F)F)cc2Cl)ccc1F. The predicted molar refractivity (Wildman–Crippen MR) is 139 cm³/mol. The second kappa shape index (κ2) is 11.0. The van der Waals surface area contributed by atoms with Crippen LogP contribution >= 0.6 is 23.4 Å². The van der Waals surface area contributed by atoms with Crippen LogP contribution in [0, 0.1) is 5.82 Å². The van der Waals surface area contributed by atoms with Crippen molar-refractivity contribution in [2.75, 3.05) is 18.9 Å². The summed E-state index contributed by atoms with van der Waals surface area (Å²) in [6.07, 6.45) is 0.0214. The summed E-state index contributed by atoms with van der Waals surface area (Å²) in [7, 11) is 1.43. The Kier molecular flexibility index (Phi) is 8.70. The van der Waals surface area contributed by atoms with E-state index in [4.69, 9.17) is 23.1 Å². The molecule has 0 unspecified atom stereocenters. The maximum atomic E-state index is 15.3. The van der Waals surface area contributed by atoms with Crippen molar-refractivity contribution in [2.45, 2.75) is 54.9 Å². The lowest BCUT2D eigenvalue weighted by molar-refractivity contribution is -0.0500. The number of ether oxygens (including phenoxy) is 1. The maximum absolute atomic E-state index is 15.3. The highest BCUT2D eigenvalue weighted by Crippen LogP contribution is 2.56. The average molecular weight is 596 g/mol. The molecule has 1 aliphatic heterocycles. The van der Waals surface area contributed by atoms with E-state index >= 15 is 4.39 Å². The number of carbonyl (C=O) groups is 1. The zero-order valence-corrected chi connectivity index (χ0v) is 22.9. The van der Waals surface area contributed by atoms with Gasteiger partial charge in [0, 0.05) is 12.5 Å². The zero-order valence-electron chi connectivity index (χ0n) is 21.3. The summed E-state index contributed by atoms with van der Waals surface area (Å²) in [5, 5.41) is 4.97. The first-order valence-electron chi connectivity index (χ1n) is 11.4. The smallest absolute Gasteiger partial charge is 0.387 e. The quantitative estimate of drug-likeness (QED) is 0.317. The number of nitrogens with two attached hydrogens (primary N) is 2. The Bertz CT molecular complexity index is 1290. The molecule has 0 aliphatic carbocycles. The fraction of sp³-hybridized carbons (Fsp3) is 0.478. The van der Waals surface area contributed by atoms with E-state index in [1.807, 2.05) is 0 Å². The van der Waals surface area contributed by atoms with Crippen LogP contribution in [0.2, 0.25) is 5.02 Å². The third-order valence-corrected chi connectivity index (χ3v) is 8.29. The van der Waals surface area contributed by atoms with Crippen molar-refractivity contribution in [3.05, 3.63) is 46.6 Å². The number of carbonyl (C=O) groups excluding carboxylic acids is 1. The normalized spacial score (nSPS) is 22.9. The zero-order chi connectivity index (χ0) is 29.4. The van der Waals surface area contributed by atoms with Crippen molar-refractivity contribution in [1.29, 1.82) is 0 Å². The summed E-state index contributed by atoms with van der Waals surface area (Å²) in [4.78, 5) is 23.6. The van der Waals surface area contributed by atoms with E-state index in [0.29, 0.717) is 0 Å². The number of nitrogens with one attached hydrogen (secondary N) is 2. The van der Waals surface area contributed by atoms with Gasteiger partial charge in [0.05, 0.1) is 22.5 Å². The van der Waals surface area contributed by atoms with Gasteiger partial charge in [-0.15, -0.1) is 11.8 Å². The molecule has 1 aliphatic rings. The molecule has 2 aromatic rings. The summed E-state index contributed by atoms with van der Waals surface area (Å²) >= 11 is 7.03. The molecule has 1 amide bonds. The van der Waals surface area contributed by atoms with Crippen molar-refractivity contribution in [1.82, 2.24) is 15.3 Å². The Morgan fingerprint density at radius 1 is 1.28 bits per heavy atom. The van der Waals surface area contributed by atoms with Crippen LogP contribution in [0.1, 0.15) is 43.4 Å². The summed E-state index contributed by atoms with van der Waals surface area (Å²) in [5.41, 5.74) is 8.97. The van der Waals surface area contributed by atoms with Gasteiger partial charge >= 0.3 is 6.61 Å². The average Bonchev–Trinajstić information content (AvgIpc) is 2.83. The molecular formula is C23H27ClF5N7O2S. The van der Waals surface area contributed by atoms with Gasteiger partial charge in [-0.3, -0.25) is 9.79 Å². The van der Waals surface area contributed by atoms with Crippen LogP contribution in [0.5, 0.6) is 5.75 Å². The molecule has 0 fully saturated rings. The number of hydrogen-bond acceptors (Lipinski definition) is 9. The molecule has 3 heterocycles. The Hall–Kier alpha value is -2.75. The Morgan fingerprint density at radius 2 is 1.95 bits per heavy atom. The molecule has 9 nitrogen and oxygen atoms in total. The lowest BCUT2D eigenvalue weighted by atomic mass is 9.82. The second-order valence-electron chi connectivity index (χ2n) is 9.36. The Balaban J connectivity index is 2.07. The third kappa shape index (κ3) is 6.21. The number of anilines is 1. The molecule has 2 aromatic heterocycles. The van der Waals surface area contributed by atoms with Crippen molar-refractivity contribution >= 4 is 40.9 Å². The van der Waals surface area contributed by atoms with E-state index in [-0.39, 0.29) is 33.8 Å². The number of thioether (sulfide) groups is 1. The number of halogens is 6. The highest BCUT2D eigenvalue weighted by Gasteiger charge is 2.61. The number of aliphatic imine (C=N–C) groups is 1. The molecule has 0 bridgehead atoms. The van der Waals surface area contributed by atoms with E-state index in [2.05, 4.69) is 30.3 Å². The summed E-state index contributed by atoms with van der Waals surface area (Å²) in [5.74, 6) is -5.66. The van der Waals surface area contributed by atoms with E-state index in [9.17, 15) is 22.4 Å². The fourth-order valence-corrected chi connectivity index (χ4v) is 6.10. The number of amidine groups is 1. The molecule has 0 aromatic carbocycles. The van der Waals surface area contributed by atoms with Gasteiger partial charge in [0.1, 0.15) is 45.0 Å². The molecule has 16 heteroatoms. The molecule has 0 saturated carbocycles. The van der Waals surface area contributed by atoms with Gasteiger partial charge < -0.3 is 26.8 Å². The van der Waals surface area contributed by atoms with Crippen molar-refractivity contribution in [2.24, 2.45) is 16.5 Å². The van der Waals surface area contributed by atoms with Crippen LogP contribution in [0.4, 0.5) is 27.8 Å². The van der Waals surface area contributed by atoms with Gasteiger partial charge in [0.25, 0.3) is 11.8 Å². The number of rotatable bonds is 9. The molecule has 0 radical (unpaired) electrons. The predicted octanol–water partition coefficient (Wildman–Crippen LogP) is 4.12. The van der Waals surface area contributed by atoms with Gasteiger partial charge in [0.15, 0.2) is 0 Å². The molecule has 0 saturated heterocycles. The summed E-state index contributed by atoms with van der Waals surface area (Å²) in [6, 6.07) is 3.08. The second-order valence-corrected chi connectivity index (χ2v) is 11.7. The summed E-state index contributed by atoms with van der Waals surface area (Å²) < 4.78 is 73.0. The summed E-state index contributed by atoms with van der Waals surface area (Å²) in [6.45, 7) is 0.700. The molecule has 0 spiro atoms. The lowest BCUT2D eigenvalue weighted by Crippen LogP contribution is -2.65. The third-order valence-electron chi connectivity index (χ3n) is 6.19. The van der Waals surface area contributed by atoms with Crippen LogP contribution in [-0.4, -0.2) is 57.5 Å². The molecule has 39 heavy (non-hydrogen) atoms. The number of likely N-dealkylation sites (N-methyl/N-ethyl adjacent to an activating group) is 1. The topological polar surface area (TPSA) is 141 Å². The number of alkyl halides is 4. The maximum Gasteiger partial charge on any atom is 0.387 e. The van der Waals surface area contributed by atoms with E-state index in [1.165, 1.54) is 14.0 Å². The number of pyridine rings is 2. The minimum Gasteiger partial charge on any atom is -0.433 e. The van der Waals surface area contributed by atoms with Gasteiger partial charge in [-0.2, -0.15) is 8.78 Å². The van der Waals surface area contributed by atoms with Crippen molar-refractivity contribution in [3.8, 4) is 5.75 Å². The standard InChI is InChI=1S/C23H27ClF5N7O2S/c1-20(2)18(31)36-21(3,23(32-4,39-20)9-22(28,29)10-30)16-13(25)5-6-14(34-16)35-17(37)15-12(24)7-11(8-33-15)38-19(26)27/h5-8,19,32H,9-10,30H2,1-4H3,(H2,31,36)(H,34,35,37)/t21-,23-/m1/s1. The minimum atomic E-state index is -3.36. The van der Waals surface area contributed by atoms with Crippen LogP contribution in [-0.2, 0) is 5.54 Å². The molecule has 2 atom stereocenters.